The second-order valence-corrected chi connectivity index (χ2v) is 6.90. The molecule has 1 amide bonds. The van der Waals surface area contributed by atoms with Gasteiger partial charge in [0.25, 0.3) is 0 Å². The summed E-state index contributed by atoms with van der Waals surface area (Å²) < 4.78 is 6.81. The maximum absolute atomic E-state index is 12.1. The van der Waals surface area contributed by atoms with E-state index in [4.69, 9.17) is 4.74 Å². The van der Waals surface area contributed by atoms with Crippen LogP contribution in [0.2, 0.25) is 0 Å². The number of benzene rings is 2. The van der Waals surface area contributed by atoms with Gasteiger partial charge in [0, 0.05) is 10.1 Å². The van der Waals surface area contributed by atoms with E-state index >= 15 is 0 Å². The topological polar surface area (TPSA) is 41.6 Å². The number of ether oxygens (including phenoxy) is 1. The van der Waals surface area contributed by atoms with Crippen LogP contribution in [0.5, 0.6) is 5.75 Å². The van der Waals surface area contributed by atoms with E-state index in [2.05, 4.69) is 27.9 Å². The van der Waals surface area contributed by atoms with E-state index in [1.807, 2.05) is 67.4 Å². The van der Waals surface area contributed by atoms with Gasteiger partial charge in [0.1, 0.15) is 5.75 Å². The van der Waals surface area contributed by atoms with E-state index in [0.717, 1.165) is 33.5 Å². The summed E-state index contributed by atoms with van der Waals surface area (Å²) >= 11 is 2.22. The van der Waals surface area contributed by atoms with Crippen LogP contribution in [-0.4, -0.2) is 37.6 Å². The maximum atomic E-state index is 12.1. The number of hydrogen-bond acceptors (Lipinski definition) is 3. The highest BCUT2D eigenvalue weighted by atomic mass is 127. The summed E-state index contributed by atoms with van der Waals surface area (Å²) in [5, 5.41) is 2.95. The van der Waals surface area contributed by atoms with Crippen molar-refractivity contribution in [3.63, 3.8) is 0 Å². The van der Waals surface area contributed by atoms with Gasteiger partial charge in [0.15, 0.2) is 0 Å². The molecule has 0 spiro atoms. The van der Waals surface area contributed by atoms with E-state index < -0.39 is 0 Å². The van der Waals surface area contributed by atoms with E-state index in [0.29, 0.717) is 13.2 Å². The molecule has 0 aliphatic carbocycles. The average Bonchev–Trinajstić information content (AvgIpc) is 2.55. The molecule has 24 heavy (non-hydrogen) atoms. The lowest BCUT2D eigenvalue weighted by Crippen LogP contribution is -2.31. The molecule has 0 atom stereocenters. The van der Waals surface area contributed by atoms with Crippen LogP contribution in [0.4, 0.5) is 5.69 Å². The summed E-state index contributed by atoms with van der Waals surface area (Å²) in [6, 6.07) is 15.8. The number of anilines is 1. The number of hydrogen-bond donors (Lipinski definition) is 1. The molecule has 0 aliphatic heterocycles. The Balaban J connectivity index is 1.68. The molecule has 0 aliphatic rings. The van der Waals surface area contributed by atoms with Crippen LogP contribution in [0.1, 0.15) is 12.0 Å². The molecule has 4 nitrogen and oxygen atoms in total. The fourth-order valence-corrected chi connectivity index (χ4v) is 2.83. The van der Waals surface area contributed by atoms with Gasteiger partial charge in [-0.2, -0.15) is 0 Å². The second-order valence-electron chi connectivity index (χ2n) is 5.73. The number of amides is 1. The summed E-state index contributed by atoms with van der Waals surface area (Å²) in [6.07, 6.45) is 0.876. The molecule has 0 fully saturated rings. The van der Waals surface area contributed by atoms with Gasteiger partial charge < -0.3 is 10.1 Å². The first-order valence-electron chi connectivity index (χ1n) is 7.97. The van der Waals surface area contributed by atoms with E-state index in [9.17, 15) is 4.79 Å². The quantitative estimate of drug-likeness (QED) is 0.502. The van der Waals surface area contributed by atoms with Crippen molar-refractivity contribution in [1.29, 1.82) is 0 Å². The predicted molar refractivity (Wildman–Crippen MR) is 107 cm³/mol. The van der Waals surface area contributed by atoms with E-state index in [-0.39, 0.29) is 5.91 Å². The number of rotatable bonds is 8. The average molecular weight is 438 g/mol. The summed E-state index contributed by atoms with van der Waals surface area (Å²) in [5.74, 6) is 0.929. The van der Waals surface area contributed by atoms with Gasteiger partial charge in [-0.15, -0.1) is 0 Å². The van der Waals surface area contributed by atoms with Gasteiger partial charge in [-0.25, -0.2) is 0 Å². The number of likely N-dealkylation sites (N-methyl/N-ethyl adjacent to an activating group) is 1. The van der Waals surface area contributed by atoms with Crippen LogP contribution < -0.4 is 10.1 Å². The lowest BCUT2D eigenvalue weighted by atomic mass is 10.2. The standard InChI is InChI=1S/C19H23IN2O2/c1-15-8-3-6-11-18(15)24-13-7-12-22(2)14-19(23)21-17-10-5-4-9-16(17)20/h3-6,8-11H,7,12-14H2,1-2H3,(H,21,23). The van der Waals surface area contributed by atoms with E-state index in [1.165, 1.54) is 0 Å². The number of carbonyl (C=O) groups excluding carboxylic acids is 1. The second kappa shape index (κ2) is 9.64. The zero-order valence-corrected chi connectivity index (χ0v) is 16.2. The van der Waals surface area contributed by atoms with Crippen molar-refractivity contribution in [1.82, 2.24) is 4.90 Å². The smallest absolute Gasteiger partial charge is 0.238 e. The molecule has 128 valence electrons. The molecule has 0 radical (unpaired) electrons. The van der Waals surface area contributed by atoms with Gasteiger partial charge in [-0.1, -0.05) is 30.3 Å². The Kier molecular flexibility index (Phi) is 7.52. The highest BCUT2D eigenvalue weighted by Gasteiger charge is 2.08. The van der Waals surface area contributed by atoms with Crippen LogP contribution in [0, 0.1) is 10.5 Å². The first kappa shape index (κ1) is 18.7. The molecule has 0 bridgehead atoms. The van der Waals surface area contributed by atoms with Crippen LogP contribution >= 0.6 is 22.6 Å². The van der Waals surface area contributed by atoms with E-state index in [1.54, 1.807) is 0 Å². The Bertz CT molecular complexity index is 676. The summed E-state index contributed by atoms with van der Waals surface area (Å²) in [4.78, 5) is 14.1. The molecule has 5 heteroatoms. The van der Waals surface area contributed by atoms with Crippen LogP contribution in [0.25, 0.3) is 0 Å². The Morgan fingerprint density at radius 3 is 2.62 bits per heavy atom. The first-order chi connectivity index (χ1) is 11.6. The SMILES string of the molecule is Cc1ccccc1OCCCN(C)CC(=O)Nc1ccccc1I. The van der Waals surface area contributed by atoms with Crippen molar-refractivity contribution in [2.75, 3.05) is 32.1 Å². The molecule has 2 rings (SSSR count). The molecule has 0 unspecified atom stereocenters. The number of para-hydroxylation sites is 2. The third kappa shape index (κ3) is 6.13. The van der Waals surface area contributed by atoms with Crippen molar-refractivity contribution < 1.29 is 9.53 Å². The summed E-state index contributed by atoms with van der Waals surface area (Å²) in [7, 11) is 1.95. The molecule has 0 saturated carbocycles. The normalized spacial score (nSPS) is 10.7. The lowest BCUT2D eigenvalue weighted by Gasteiger charge is -2.17. The Labute approximate surface area is 157 Å². The zero-order valence-electron chi connectivity index (χ0n) is 14.1. The van der Waals surface area contributed by atoms with Crippen molar-refractivity contribution >= 4 is 34.2 Å². The summed E-state index contributed by atoms with van der Waals surface area (Å²) in [5.41, 5.74) is 2.00. The van der Waals surface area contributed by atoms with Crippen LogP contribution in [0.3, 0.4) is 0 Å². The third-order valence-electron chi connectivity index (χ3n) is 3.60. The van der Waals surface area contributed by atoms with Gasteiger partial charge in [-0.3, -0.25) is 9.69 Å². The number of carbonyl (C=O) groups is 1. The molecule has 2 aromatic rings. The Hall–Kier alpha value is -1.60. The predicted octanol–water partition coefficient (Wildman–Crippen LogP) is 3.94. The van der Waals surface area contributed by atoms with Crippen molar-refractivity contribution in [3.05, 3.63) is 57.7 Å². The van der Waals surface area contributed by atoms with Crippen molar-refractivity contribution in [2.24, 2.45) is 0 Å². The van der Waals surface area contributed by atoms with Crippen molar-refractivity contribution in [2.45, 2.75) is 13.3 Å². The molecule has 0 saturated heterocycles. The van der Waals surface area contributed by atoms with Crippen LogP contribution in [0.15, 0.2) is 48.5 Å². The molecule has 2 aromatic carbocycles. The fourth-order valence-electron chi connectivity index (χ4n) is 2.31. The van der Waals surface area contributed by atoms with Gasteiger partial charge >= 0.3 is 0 Å². The third-order valence-corrected chi connectivity index (χ3v) is 4.54. The number of nitrogens with zero attached hydrogens (tertiary/aromatic N) is 1. The lowest BCUT2D eigenvalue weighted by molar-refractivity contribution is -0.117. The number of nitrogens with one attached hydrogen (secondary N) is 1. The van der Waals surface area contributed by atoms with Gasteiger partial charge in [-0.05, 0) is 66.7 Å². The maximum Gasteiger partial charge on any atom is 0.238 e. The number of halogens is 1. The van der Waals surface area contributed by atoms with Gasteiger partial charge in [0.05, 0.1) is 18.8 Å². The Morgan fingerprint density at radius 2 is 1.88 bits per heavy atom. The Morgan fingerprint density at radius 1 is 1.17 bits per heavy atom. The highest BCUT2D eigenvalue weighted by molar-refractivity contribution is 14.1. The largest absolute Gasteiger partial charge is 0.493 e. The van der Waals surface area contributed by atoms with Crippen molar-refractivity contribution in [3.8, 4) is 5.75 Å². The monoisotopic (exact) mass is 438 g/mol. The summed E-state index contributed by atoms with van der Waals surface area (Å²) in [6.45, 7) is 3.87. The van der Waals surface area contributed by atoms with Crippen LogP contribution in [-0.2, 0) is 4.79 Å². The zero-order chi connectivity index (χ0) is 17.4. The van der Waals surface area contributed by atoms with Gasteiger partial charge in [0.2, 0.25) is 5.91 Å². The molecule has 1 N–H and O–H groups in total. The molecule has 0 aromatic heterocycles. The number of aryl methyl sites for hydroxylation is 1. The minimum Gasteiger partial charge on any atom is -0.493 e. The molecule has 0 heterocycles. The minimum absolute atomic E-state index is 0.00133. The molecular weight excluding hydrogens is 415 g/mol. The first-order valence-corrected chi connectivity index (χ1v) is 9.05. The fraction of sp³-hybridized carbons (Fsp3) is 0.316. The minimum atomic E-state index is 0.00133. The highest BCUT2D eigenvalue weighted by Crippen LogP contribution is 2.17. The molecular formula is C19H23IN2O2.